The van der Waals surface area contributed by atoms with Crippen molar-refractivity contribution in [1.82, 2.24) is 19.6 Å². The highest BCUT2D eigenvalue weighted by Gasteiger charge is 2.23. The highest BCUT2D eigenvalue weighted by atomic mass is 32.2. The van der Waals surface area contributed by atoms with Gasteiger partial charge in [0.1, 0.15) is 4.83 Å². The van der Waals surface area contributed by atoms with Gasteiger partial charge in [0, 0.05) is 49.9 Å². The van der Waals surface area contributed by atoms with Crippen molar-refractivity contribution in [1.29, 1.82) is 0 Å². The highest BCUT2D eigenvalue weighted by molar-refractivity contribution is 7.98. The van der Waals surface area contributed by atoms with E-state index < -0.39 is 0 Å². The molecule has 0 amide bonds. The molecule has 1 aromatic carbocycles. The number of thioether (sulfide) groups is 1. The molecule has 0 spiro atoms. The first-order chi connectivity index (χ1) is 15.7. The maximum Gasteiger partial charge on any atom is 0.262 e. The third kappa shape index (κ3) is 3.52. The second kappa shape index (κ2) is 8.20. The Kier molecular flexibility index (Phi) is 5.20. The molecule has 1 fully saturated rings. The number of nitrogens with zero attached hydrogens (tertiary/aromatic N) is 5. The Balaban J connectivity index is 1.13. The van der Waals surface area contributed by atoms with Gasteiger partial charge in [-0.15, -0.1) is 11.3 Å². The quantitative estimate of drug-likeness (QED) is 0.455. The van der Waals surface area contributed by atoms with E-state index in [2.05, 4.69) is 32.9 Å². The number of piperazine rings is 1. The summed E-state index contributed by atoms with van der Waals surface area (Å²) in [6.07, 6.45) is 2.72. The van der Waals surface area contributed by atoms with Gasteiger partial charge in [-0.1, -0.05) is 16.8 Å². The molecule has 1 saturated heterocycles. The molecule has 4 aromatic rings. The van der Waals surface area contributed by atoms with Gasteiger partial charge < -0.3 is 9.42 Å². The van der Waals surface area contributed by atoms with E-state index in [1.54, 1.807) is 22.2 Å². The van der Waals surface area contributed by atoms with Crippen LogP contribution in [0.3, 0.4) is 0 Å². The van der Waals surface area contributed by atoms with Crippen molar-refractivity contribution in [3.05, 3.63) is 50.9 Å². The lowest BCUT2D eigenvalue weighted by atomic mass is 10.1. The summed E-state index contributed by atoms with van der Waals surface area (Å²) in [5.41, 5.74) is 3.42. The predicted octanol–water partition coefficient (Wildman–Crippen LogP) is 3.52. The first-order valence-corrected chi connectivity index (χ1v) is 13.1. The first kappa shape index (κ1) is 20.3. The van der Waals surface area contributed by atoms with Crippen LogP contribution < -0.4 is 10.5 Å². The molecule has 6 rings (SSSR count). The van der Waals surface area contributed by atoms with Crippen LogP contribution in [0.2, 0.25) is 0 Å². The summed E-state index contributed by atoms with van der Waals surface area (Å²) in [4.78, 5) is 24.8. The molecule has 9 heteroatoms. The first-order valence-electron chi connectivity index (χ1n) is 11.1. The monoisotopic (exact) mass is 467 g/mol. The fraction of sp³-hybridized carbons (Fsp3) is 0.435. The SMILES string of the molecule is Cc1ccc2onc(N3CCN(CCn4cnc5sc6c(c5c4=O)CCSC6)CC3)c2c1. The van der Waals surface area contributed by atoms with Gasteiger partial charge >= 0.3 is 0 Å². The van der Waals surface area contributed by atoms with E-state index in [-0.39, 0.29) is 5.56 Å². The third-order valence-electron chi connectivity index (χ3n) is 6.53. The number of rotatable bonds is 4. The van der Waals surface area contributed by atoms with Crippen molar-refractivity contribution in [3.8, 4) is 0 Å². The van der Waals surface area contributed by atoms with Crippen LogP contribution in [-0.4, -0.2) is 58.1 Å². The van der Waals surface area contributed by atoms with E-state index >= 15 is 0 Å². The smallest absolute Gasteiger partial charge is 0.262 e. The van der Waals surface area contributed by atoms with Gasteiger partial charge in [0.2, 0.25) is 0 Å². The standard InChI is InChI=1S/C23H25N5O2S2/c1-15-2-3-18-17(12-15)21(25-30-18)27-8-5-26(6-9-27)7-10-28-14-24-22-20(23(28)29)16-4-11-31-13-19(16)32-22/h2-3,12,14H,4-11,13H2,1H3. The third-order valence-corrected chi connectivity index (χ3v) is 8.83. The average molecular weight is 468 g/mol. The molecular formula is C23H25N5O2S2. The number of fused-ring (bicyclic) bond motifs is 4. The molecule has 166 valence electrons. The highest BCUT2D eigenvalue weighted by Crippen LogP contribution is 2.35. The maximum atomic E-state index is 13.2. The molecule has 3 aromatic heterocycles. The zero-order valence-electron chi connectivity index (χ0n) is 18.0. The molecule has 0 bridgehead atoms. The van der Waals surface area contributed by atoms with Gasteiger partial charge in [-0.25, -0.2) is 4.98 Å². The summed E-state index contributed by atoms with van der Waals surface area (Å²) < 4.78 is 7.32. The normalized spacial score (nSPS) is 17.3. The fourth-order valence-electron chi connectivity index (χ4n) is 4.71. The lowest BCUT2D eigenvalue weighted by molar-refractivity contribution is 0.246. The maximum absolute atomic E-state index is 13.2. The zero-order valence-corrected chi connectivity index (χ0v) is 19.7. The van der Waals surface area contributed by atoms with Crippen molar-refractivity contribution in [2.75, 3.05) is 43.4 Å². The van der Waals surface area contributed by atoms with Crippen molar-refractivity contribution >= 4 is 50.1 Å². The number of hydrogen-bond acceptors (Lipinski definition) is 8. The predicted molar refractivity (Wildman–Crippen MR) is 131 cm³/mol. The Bertz CT molecular complexity index is 1350. The van der Waals surface area contributed by atoms with Crippen molar-refractivity contribution in [2.24, 2.45) is 0 Å². The van der Waals surface area contributed by atoms with Crippen molar-refractivity contribution in [2.45, 2.75) is 25.6 Å². The minimum atomic E-state index is 0.127. The summed E-state index contributed by atoms with van der Waals surface area (Å²) >= 11 is 3.64. The van der Waals surface area contributed by atoms with Crippen LogP contribution in [0.4, 0.5) is 5.82 Å². The lowest BCUT2D eigenvalue weighted by Crippen LogP contribution is -2.47. The number of hydrogen-bond donors (Lipinski definition) is 0. The van der Waals surface area contributed by atoms with Gasteiger partial charge in [0.25, 0.3) is 5.56 Å². The van der Waals surface area contributed by atoms with Gasteiger partial charge in [-0.3, -0.25) is 14.3 Å². The Morgan fingerprint density at radius 1 is 1.16 bits per heavy atom. The average Bonchev–Trinajstić information content (AvgIpc) is 3.40. The van der Waals surface area contributed by atoms with Crippen LogP contribution in [0.15, 0.2) is 33.8 Å². The van der Waals surface area contributed by atoms with E-state index in [9.17, 15) is 4.79 Å². The Labute approximate surface area is 194 Å². The van der Waals surface area contributed by atoms with Crippen LogP contribution in [0.25, 0.3) is 21.2 Å². The second-order valence-electron chi connectivity index (χ2n) is 8.56. The van der Waals surface area contributed by atoms with Gasteiger partial charge in [0.05, 0.1) is 17.1 Å². The van der Waals surface area contributed by atoms with E-state index in [4.69, 9.17) is 4.52 Å². The Morgan fingerprint density at radius 2 is 2.03 bits per heavy atom. The fourth-order valence-corrected chi connectivity index (χ4v) is 7.02. The summed E-state index contributed by atoms with van der Waals surface area (Å²) in [5.74, 6) is 3.05. The molecule has 0 radical (unpaired) electrons. The van der Waals surface area contributed by atoms with Crippen LogP contribution in [-0.2, 0) is 18.7 Å². The molecule has 0 N–H and O–H groups in total. The van der Waals surface area contributed by atoms with Gasteiger partial charge in [-0.2, -0.15) is 11.8 Å². The molecule has 0 unspecified atom stereocenters. The molecule has 7 nitrogen and oxygen atoms in total. The van der Waals surface area contributed by atoms with Crippen molar-refractivity contribution in [3.63, 3.8) is 0 Å². The minimum Gasteiger partial charge on any atom is -0.354 e. The number of thiophene rings is 1. The van der Waals surface area contributed by atoms with E-state index in [0.717, 1.165) is 77.7 Å². The lowest BCUT2D eigenvalue weighted by Gasteiger charge is -2.34. The van der Waals surface area contributed by atoms with Gasteiger partial charge in [0.15, 0.2) is 11.4 Å². The molecule has 0 aliphatic carbocycles. The molecule has 2 aliphatic heterocycles. The molecule has 2 aliphatic rings. The van der Waals surface area contributed by atoms with Crippen molar-refractivity contribution < 1.29 is 4.52 Å². The van der Waals surface area contributed by atoms with Crippen LogP contribution >= 0.6 is 23.1 Å². The molecule has 0 atom stereocenters. The topological polar surface area (TPSA) is 67.4 Å². The summed E-state index contributed by atoms with van der Waals surface area (Å²) in [5, 5.41) is 6.28. The van der Waals surface area contributed by atoms with E-state index in [1.165, 1.54) is 16.0 Å². The largest absolute Gasteiger partial charge is 0.354 e. The number of anilines is 1. The number of benzene rings is 1. The van der Waals surface area contributed by atoms with Crippen LogP contribution in [0.1, 0.15) is 16.0 Å². The number of aryl methyl sites for hydroxylation is 2. The minimum absolute atomic E-state index is 0.127. The molecule has 5 heterocycles. The summed E-state index contributed by atoms with van der Waals surface area (Å²) in [6, 6.07) is 6.18. The zero-order chi connectivity index (χ0) is 21.7. The molecular weight excluding hydrogens is 442 g/mol. The van der Waals surface area contributed by atoms with Crippen LogP contribution in [0.5, 0.6) is 0 Å². The summed E-state index contributed by atoms with van der Waals surface area (Å²) in [6.45, 7) is 7.29. The molecule has 0 saturated carbocycles. The Hall–Kier alpha value is -2.36. The van der Waals surface area contributed by atoms with E-state index in [1.807, 2.05) is 23.9 Å². The van der Waals surface area contributed by atoms with Crippen LogP contribution in [0, 0.1) is 6.92 Å². The second-order valence-corrected chi connectivity index (χ2v) is 10.8. The van der Waals surface area contributed by atoms with E-state index in [0.29, 0.717) is 6.54 Å². The Morgan fingerprint density at radius 3 is 2.91 bits per heavy atom. The van der Waals surface area contributed by atoms with Gasteiger partial charge in [-0.05, 0) is 36.8 Å². The number of aromatic nitrogens is 3. The summed E-state index contributed by atoms with van der Waals surface area (Å²) in [7, 11) is 0. The molecule has 32 heavy (non-hydrogen) atoms.